The lowest BCUT2D eigenvalue weighted by Crippen LogP contribution is -2.07. The molecule has 0 unspecified atom stereocenters. The molecule has 10 heavy (non-hydrogen) atoms. The molecule has 0 fully saturated rings. The molecule has 0 atom stereocenters. The summed E-state index contributed by atoms with van der Waals surface area (Å²) in [7, 11) is 0. The Morgan fingerprint density at radius 2 is 2.10 bits per heavy atom. The molecule has 0 heterocycles. The van der Waals surface area contributed by atoms with Crippen LogP contribution in [0.1, 0.15) is 6.42 Å². The van der Waals surface area contributed by atoms with Gasteiger partial charge in [0.25, 0.3) is 6.79 Å². The first-order valence-electron chi connectivity index (χ1n) is 2.75. The normalized spacial score (nSPS) is 8.40. The molecule has 3 heteroatoms. The van der Waals surface area contributed by atoms with E-state index >= 15 is 0 Å². The highest BCUT2D eigenvalue weighted by molar-refractivity contribution is 5.13. The van der Waals surface area contributed by atoms with Crippen molar-refractivity contribution >= 4 is 6.79 Å². The van der Waals surface area contributed by atoms with Gasteiger partial charge in [0.15, 0.2) is 0 Å². The molecular formula is C7H10O3. The maximum absolute atomic E-state index is 10.1. The van der Waals surface area contributed by atoms with Gasteiger partial charge in [0.2, 0.25) is 0 Å². The molecule has 0 aliphatic rings. The zero-order valence-corrected chi connectivity index (χ0v) is 5.76. The summed E-state index contributed by atoms with van der Waals surface area (Å²) >= 11 is 0. The molecule has 3 nitrogen and oxygen atoms in total. The average molecular weight is 142 g/mol. The maximum Gasteiger partial charge on any atom is 0.321 e. The number of hydrogen-bond donors (Lipinski definition) is 0. The van der Waals surface area contributed by atoms with Crippen molar-refractivity contribution in [2.45, 2.75) is 6.42 Å². The Bertz CT molecular complexity index is 149. The number of rotatable bonds is 5. The van der Waals surface area contributed by atoms with Crippen LogP contribution < -0.4 is 5.11 Å². The van der Waals surface area contributed by atoms with E-state index in [2.05, 4.69) is 29.1 Å². The summed E-state index contributed by atoms with van der Waals surface area (Å²) in [6, 6.07) is 0. The Morgan fingerprint density at radius 1 is 1.50 bits per heavy atom. The highest BCUT2D eigenvalue weighted by Crippen LogP contribution is 1.95. The lowest BCUT2D eigenvalue weighted by atomic mass is 10.4. The third kappa shape index (κ3) is 4.90. The molecule has 0 aliphatic heterocycles. The van der Waals surface area contributed by atoms with Gasteiger partial charge in [0.1, 0.15) is 0 Å². The minimum Gasteiger partial charge on any atom is -0.613 e. The van der Waals surface area contributed by atoms with E-state index in [1.54, 1.807) is 0 Å². The molecule has 0 aliphatic carbocycles. The molecule has 0 N–H and O–H groups in total. The fourth-order valence-electron chi connectivity index (χ4n) is 0.351. The summed E-state index contributed by atoms with van der Waals surface area (Å²) in [5.41, 5.74) is 0. The van der Waals surface area contributed by atoms with Crippen LogP contribution in [0.25, 0.3) is 0 Å². The monoisotopic (exact) mass is 142 g/mol. The van der Waals surface area contributed by atoms with E-state index < -0.39 is 5.95 Å². The van der Waals surface area contributed by atoms with Gasteiger partial charge in [-0.3, -0.25) is 0 Å². The Morgan fingerprint density at radius 3 is 2.50 bits per heavy atom. The molecular weight excluding hydrogens is 132 g/mol. The van der Waals surface area contributed by atoms with E-state index in [9.17, 15) is 5.11 Å². The van der Waals surface area contributed by atoms with Crippen LogP contribution in [0.3, 0.4) is 0 Å². The topological polar surface area (TPSA) is 43.6 Å². The van der Waals surface area contributed by atoms with E-state index in [1.807, 2.05) is 0 Å². The molecule has 56 valence electrons. The van der Waals surface area contributed by atoms with Crippen LogP contribution in [0.5, 0.6) is 0 Å². The molecule has 0 rings (SSSR count). The van der Waals surface area contributed by atoms with Gasteiger partial charge in [-0.15, -0.1) is 0 Å². The van der Waals surface area contributed by atoms with Crippen molar-refractivity contribution in [1.82, 2.24) is 0 Å². The number of hydrogen-bond acceptors (Lipinski definition) is 2. The Labute approximate surface area is 59.9 Å². The fraction of sp³-hybridized carbons (Fsp3) is 0.286. The second-order valence-corrected chi connectivity index (χ2v) is 1.65. The Balaban J connectivity index is 3.28. The summed E-state index contributed by atoms with van der Waals surface area (Å²) in [6.45, 7) is 9.86. The molecule has 0 aromatic rings. The average Bonchev–Trinajstić information content (AvgIpc) is 1.87. The van der Waals surface area contributed by atoms with Gasteiger partial charge < -0.3 is 9.84 Å². The molecule has 0 radical (unpaired) electrons. The van der Waals surface area contributed by atoms with Crippen molar-refractivity contribution in [1.29, 1.82) is 0 Å². The fourth-order valence-corrected chi connectivity index (χ4v) is 0.351. The third-order valence-electron chi connectivity index (χ3n) is 0.848. The van der Waals surface area contributed by atoms with Crippen molar-refractivity contribution < 1.29 is 14.3 Å². The van der Waals surface area contributed by atoms with E-state index in [0.29, 0.717) is 12.2 Å². The summed E-state index contributed by atoms with van der Waals surface area (Å²) < 4.78 is 8.97. The minimum atomic E-state index is -0.545. The third-order valence-corrected chi connectivity index (χ3v) is 0.848. The van der Waals surface area contributed by atoms with Gasteiger partial charge in [-0.05, 0) is 0 Å². The Hall–Kier alpha value is -1.25. The molecule has 0 saturated heterocycles. The van der Waals surface area contributed by atoms with Gasteiger partial charge in [0.05, 0.1) is 6.42 Å². The van der Waals surface area contributed by atoms with Gasteiger partial charge in [-0.2, -0.15) is 0 Å². The highest BCUT2D eigenvalue weighted by Gasteiger charge is 1.96. The van der Waals surface area contributed by atoms with Crippen LogP contribution in [-0.2, 0) is 9.16 Å². The molecule has 0 aromatic carbocycles. The SMILES string of the molecule is C=[O+]C(=C)CCOC(=C)[O-]. The smallest absolute Gasteiger partial charge is 0.321 e. The summed E-state index contributed by atoms with van der Waals surface area (Å²) in [6.07, 6.45) is 0.463. The second-order valence-electron chi connectivity index (χ2n) is 1.65. The predicted molar refractivity (Wildman–Crippen MR) is 36.0 cm³/mol. The first kappa shape index (κ1) is 8.75. The molecule has 0 spiro atoms. The van der Waals surface area contributed by atoms with Crippen LogP contribution >= 0.6 is 0 Å². The van der Waals surface area contributed by atoms with Crippen molar-refractivity contribution in [2.24, 2.45) is 0 Å². The van der Waals surface area contributed by atoms with Crippen LogP contribution in [-0.4, -0.2) is 13.4 Å². The van der Waals surface area contributed by atoms with Gasteiger partial charge >= 0.3 is 5.76 Å². The largest absolute Gasteiger partial charge is 0.613 e. The summed E-state index contributed by atoms with van der Waals surface area (Å²) in [5.74, 6) is -0.0573. The van der Waals surface area contributed by atoms with Crippen molar-refractivity contribution in [3.8, 4) is 0 Å². The zero-order chi connectivity index (χ0) is 7.98. The molecule has 0 aromatic heterocycles. The maximum atomic E-state index is 10.1. The van der Waals surface area contributed by atoms with Gasteiger partial charge in [-0.1, -0.05) is 6.58 Å². The second kappa shape index (κ2) is 4.61. The molecule has 0 bridgehead atoms. The van der Waals surface area contributed by atoms with E-state index in [-0.39, 0.29) is 6.61 Å². The highest BCUT2D eigenvalue weighted by atomic mass is 16.6. The number of ether oxygens (including phenoxy) is 1. The van der Waals surface area contributed by atoms with Crippen LogP contribution in [0.2, 0.25) is 0 Å². The lowest BCUT2D eigenvalue weighted by molar-refractivity contribution is -0.391. The molecule has 0 amide bonds. The summed E-state index contributed by atoms with van der Waals surface area (Å²) in [5, 5.41) is 10.1. The van der Waals surface area contributed by atoms with E-state index in [0.717, 1.165) is 0 Å². The first-order valence-corrected chi connectivity index (χ1v) is 2.75. The van der Waals surface area contributed by atoms with Gasteiger partial charge in [-0.25, -0.2) is 4.42 Å². The van der Waals surface area contributed by atoms with E-state index in [1.165, 1.54) is 0 Å². The number of carbonyl (C=O) groups excluding carboxylic acids is 1. The van der Waals surface area contributed by atoms with Crippen LogP contribution in [0.15, 0.2) is 24.9 Å². The lowest BCUT2D eigenvalue weighted by Gasteiger charge is -2.10. The zero-order valence-electron chi connectivity index (χ0n) is 5.76. The Kier molecular flexibility index (Phi) is 4.04. The first-order chi connectivity index (χ1) is 4.66. The standard InChI is InChI=1S/C7H10O3/c1-6(9-3)4-5-10-7(2)8/h1-5H2. The quantitative estimate of drug-likeness (QED) is 0.403. The van der Waals surface area contributed by atoms with Crippen molar-refractivity contribution in [2.75, 3.05) is 6.61 Å². The molecule has 0 saturated carbocycles. The van der Waals surface area contributed by atoms with Crippen LogP contribution in [0.4, 0.5) is 0 Å². The van der Waals surface area contributed by atoms with Gasteiger partial charge in [0, 0.05) is 19.1 Å². The minimum absolute atomic E-state index is 0.247. The van der Waals surface area contributed by atoms with Crippen molar-refractivity contribution in [3.05, 3.63) is 24.9 Å². The predicted octanol–water partition coefficient (Wildman–Crippen LogP) is 0.103. The summed E-state index contributed by atoms with van der Waals surface area (Å²) in [4.78, 5) is 0. The van der Waals surface area contributed by atoms with Crippen LogP contribution in [0, 0.1) is 0 Å². The van der Waals surface area contributed by atoms with E-state index in [4.69, 9.17) is 0 Å². The van der Waals surface area contributed by atoms with Crippen molar-refractivity contribution in [3.63, 3.8) is 0 Å².